The number of halogens is 1. The van der Waals surface area contributed by atoms with Crippen molar-refractivity contribution in [3.8, 4) is 0 Å². The van der Waals surface area contributed by atoms with Crippen molar-refractivity contribution in [1.82, 2.24) is 15.5 Å². The first-order valence-corrected chi connectivity index (χ1v) is 10.1. The fourth-order valence-corrected chi connectivity index (χ4v) is 2.91. The predicted molar refractivity (Wildman–Crippen MR) is 127 cm³/mol. The normalized spacial score (nSPS) is 18.0. The number of nitrogens with one attached hydrogen (secondary N) is 2. The van der Waals surface area contributed by atoms with Gasteiger partial charge >= 0.3 is 0 Å². The molecule has 0 radical (unpaired) electrons. The average molecular weight is 504 g/mol. The molecule has 0 aliphatic carbocycles. The Labute approximate surface area is 187 Å². The second kappa shape index (κ2) is 15.0. The van der Waals surface area contributed by atoms with Crippen LogP contribution >= 0.6 is 24.0 Å². The van der Waals surface area contributed by atoms with Crippen molar-refractivity contribution in [3.05, 3.63) is 35.9 Å². The summed E-state index contributed by atoms with van der Waals surface area (Å²) in [6.07, 6.45) is 2.27. The molecule has 0 spiro atoms. The molecule has 0 saturated carbocycles. The standard InChI is InChI=1S/C21H36N4O2.HI/c1-4-22-21(23-12-8-13-27-20-11-14-26-17-20)24-15-18(2)25(3)16-19-9-6-5-7-10-19;/h5-7,9-10,18,20H,4,8,11-17H2,1-3H3,(H2,22,23,24);1H. The van der Waals surface area contributed by atoms with Crippen LogP contribution in [-0.4, -0.2) is 69.5 Å². The van der Waals surface area contributed by atoms with Gasteiger partial charge in [-0.1, -0.05) is 30.3 Å². The number of nitrogens with zero attached hydrogens (tertiary/aromatic N) is 2. The third-order valence-corrected chi connectivity index (χ3v) is 4.74. The second-order valence-corrected chi connectivity index (χ2v) is 7.11. The van der Waals surface area contributed by atoms with Crippen LogP contribution in [-0.2, 0) is 16.0 Å². The third kappa shape index (κ3) is 10.0. The van der Waals surface area contributed by atoms with E-state index >= 15 is 0 Å². The van der Waals surface area contributed by atoms with Gasteiger partial charge in [-0.3, -0.25) is 9.89 Å². The zero-order chi connectivity index (χ0) is 19.3. The number of guanidine groups is 1. The molecule has 0 aromatic heterocycles. The lowest BCUT2D eigenvalue weighted by Crippen LogP contribution is -2.39. The van der Waals surface area contributed by atoms with Crippen LogP contribution in [0.5, 0.6) is 0 Å². The van der Waals surface area contributed by atoms with Crippen LogP contribution < -0.4 is 10.6 Å². The van der Waals surface area contributed by atoms with E-state index in [1.165, 1.54) is 5.56 Å². The van der Waals surface area contributed by atoms with Gasteiger partial charge < -0.3 is 20.1 Å². The Kier molecular flexibility index (Phi) is 13.5. The highest BCUT2D eigenvalue weighted by Gasteiger charge is 2.15. The number of rotatable bonds is 11. The third-order valence-electron chi connectivity index (χ3n) is 4.74. The van der Waals surface area contributed by atoms with Crippen molar-refractivity contribution < 1.29 is 9.47 Å². The van der Waals surface area contributed by atoms with E-state index < -0.39 is 0 Å². The van der Waals surface area contributed by atoms with Crippen molar-refractivity contribution in [3.63, 3.8) is 0 Å². The van der Waals surface area contributed by atoms with Crippen LogP contribution in [0.15, 0.2) is 35.3 Å². The summed E-state index contributed by atoms with van der Waals surface area (Å²) in [5.41, 5.74) is 1.33. The number of hydrogen-bond donors (Lipinski definition) is 2. The number of hydrogen-bond acceptors (Lipinski definition) is 4. The molecule has 0 bridgehead atoms. The van der Waals surface area contributed by atoms with Crippen LogP contribution in [0.1, 0.15) is 32.3 Å². The van der Waals surface area contributed by atoms with Crippen LogP contribution in [0.25, 0.3) is 0 Å². The molecule has 1 saturated heterocycles. The molecule has 28 heavy (non-hydrogen) atoms. The van der Waals surface area contributed by atoms with E-state index in [1.807, 2.05) is 0 Å². The lowest BCUT2D eigenvalue weighted by Gasteiger charge is -2.24. The molecule has 1 fully saturated rings. The van der Waals surface area contributed by atoms with E-state index in [9.17, 15) is 0 Å². The van der Waals surface area contributed by atoms with Gasteiger partial charge in [0.2, 0.25) is 0 Å². The zero-order valence-electron chi connectivity index (χ0n) is 17.5. The molecule has 1 aliphatic rings. The number of ether oxygens (including phenoxy) is 2. The molecule has 2 N–H and O–H groups in total. The van der Waals surface area contributed by atoms with Gasteiger partial charge in [-0.2, -0.15) is 0 Å². The quantitative estimate of drug-likeness (QED) is 0.210. The van der Waals surface area contributed by atoms with Gasteiger partial charge in [-0.05, 0) is 39.3 Å². The summed E-state index contributed by atoms with van der Waals surface area (Å²) in [6, 6.07) is 10.9. The molecule has 1 heterocycles. The Bertz CT molecular complexity index is 538. The first-order chi connectivity index (χ1) is 13.2. The van der Waals surface area contributed by atoms with Crippen molar-refractivity contribution in [2.75, 3.05) is 46.5 Å². The van der Waals surface area contributed by atoms with E-state index in [2.05, 4.69) is 66.8 Å². The fourth-order valence-electron chi connectivity index (χ4n) is 2.91. The molecule has 1 aliphatic heterocycles. The minimum absolute atomic E-state index is 0. The molecule has 2 rings (SSSR count). The molecule has 1 aromatic rings. The molecule has 0 amide bonds. The molecule has 160 valence electrons. The highest BCUT2D eigenvalue weighted by Crippen LogP contribution is 2.08. The van der Waals surface area contributed by atoms with Crippen molar-refractivity contribution in [2.24, 2.45) is 4.99 Å². The van der Waals surface area contributed by atoms with Crippen LogP contribution in [0, 0.1) is 0 Å². The fraction of sp³-hybridized carbons (Fsp3) is 0.667. The summed E-state index contributed by atoms with van der Waals surface area (Å²) in [7, 11) is 2.15. The maximum atomic E-state index is 5.80. The summed E-state index contributed by atoms with van der Waals surface area (Å²) in [6.45, 7) is 10.0. The molecular weight excluding hydrogens is 467 g/mol. The first kappa shape index (κ1) is 25.1. The number of likely N-dealkylation sites (N-methyl/N-ethyl adjacent to an activating group) is 1. The Morgan fingerprint density at radius 1 is 1.32 bits per heavy atom. The molecular formula is C21H37IN4O2. The average Bonchev–Trinajstić information content (AvgIpc) is 3.19. The molecule has 1 aromatic carbocycles. The van der Waals surface area contributed by atoms with Crippen LogP contribution in [0.3, 0.4) is 0 Å². The predicted octanol–water partition coefficient (Wildman–Crippen LogP) is 2.88. The number of benzene rings is 1. The lowest BCUT2D eigenvalue weighted by molar-refractivity contribution is 0.0420. The van der Waals surface area contributed by atoms with Crippen LogP contribution in [0.4, 0.5) is 0 Å². The maximum absolute atomic E-state index is 5.80. The molecule has 2 atom stereocenters. The second-order valence-electron chi connectivity index (χ2n) is 7.11. The van der Waals surface area contributed by atoms with E-state index in [4.69, 9.17) is 14.5 Å². The first-order valence-electron chi connectivity index (χ1n) is 10.1. The SMILES string of the molecule is CCNC(=NCC(C)N(C)Cc1ccccc1)NCCCOC1CCOC1.I. The van der Waals surface area contributed by atoms with Crippen molar-refractivity contribution in [2.45, 2.75) is 45.4 Å². The highest BCUT2D eigenvalue weighted by molar-refractivity contribution is 14.0. The van der Waals surface area contributed by atoms with Gasteiger partial charge in [0, 0.05) is 38.9 Å². The van der Waals surface area contributed by atoms with Gasteiger partial charge in [0.1, 0.15) is 0 Å². The van der Waals surface area contributed by atoms with E-state index in [1.54, 1.807) is 0 Å². The van der Waals surface area contributed by atoms with Gasteiger partial charge in [0.05, 0.1) is 19.3 Å². The Morgan fingerprint density at radius 3 is 2.79 bits per heavy atom. The minimum Gasteiger partial charge on any atom is -0.379 e. The topological polar surface area (TPSA) is 58.1 Å². The van der Waals surface area contributed by atoms with Gasteiger partial charge in [-0.25, -0.2) is 0 Å². The maximum Gasteiger partial charge on any atom is 0.191 e. The Morgan fingerprint density at radius 2 is 2.11 bits per heavy atom. The lowest BCUT2D eigenvalue weighted by atomic mass is 10.2. The van der Waals surface area contributed by atoms with Crippen molar-refractivity contribution >= 4 is 29.9 Å². The van der Waals surface area contributed by atoms with E-state index in [0.29, 0.717) is 6.04 Å². The Hall–Kier alpha value is -0.900. The smallest absolute Gasteiger partial charge is 0.191 e. The number of aliphatic imine (C=N–C) groups is 1. The van der Waals surface area contributed by atoms with E-state index in [-0.39, 0.29) is 30.1 Å². The molecule has 7 heteroatoms. The largest absolute Gasteiger partial charge is 0.379 e. The van der Waals surface area contributed by atoms with E-state index in [0.717, 1.165) is 64.8 Å². The highest BCUT2D eigenvalue weighted by atomic mass is 127. The Balaban J connectivity index is 0.00000392. The van der Waals surface area contributed by atoms with Gasteiger partial charge in [-0.15, -0.1) is 24.0 Å². The van der Waals surface area contributed by atoms with Crippen LogP contribution in [0.2, 0.25) is 0 Å². The zero-order valence-corrected chi connectivity index (χ0v) is 19.9. The summed E-state index contributed by atoms with van der Waals surface area (Å²) in [4.78, 5) is 7.08. The van der Waals surface area contributed by atoms with Gasteiger partial charge in [0.25, 0.3) is 0 Å². The molecule has 6 nitrogen and oxygen atoms in total. The summed E-state index contributed by atoms with van der Waals surface area (Å²) >= 11 is 0. The summed E-state index contributed by atoms with van der Waals surface area (Å²) < 4.78 is 11.1. The van der Waals surface area contributed by atoms with Crippen molar-refractivity contribution in [1.29, 1.82) is 0 Å². The van der Waals surface area contributed by atoms with Gasteiger partial charge in [0.15, 0.2) is 5.96 Å². The monoisotopic (exact) mass is 504 g/mol. The summed E-state index contributed by atoms with van der Waals surface area (Å²) in [5.74, 6) is 0.877. The molecule has 2 unspecified atom stereocenters. The minimum atomic E-state index is 0. The summed E-state index contributed by atoms with van der Waals surface area (Å²) in [5, 5.41) is 6.72.